The van der Waals surface area contributed by atoms with Crippen LogP contribution < -0.4 is 5.32 Å². The van der Waals surface area contributed by atoms with Crippen molar-refractivity contribution in [3.05, 3.63) is 12.2 Å². The van der Waals surface area contributed by atoms with Crippen molar-refractivity contribution >= 4 is 5.91 Å². The van der Waals surface area contributed by atoms with Crippen molar-refractivity contribution in [2.45, 2.75) is 306 Å². The molecule has 0 saturated carbocycles. The van der Waals surface area contributed by atoms with Gasteiger partial charge in [-0.3, -0.25) is 4.79 Å². The van der Waals surface area contributed by atoms with Crippen molar-refractivity contribution < 1.29 is 50.0 Å². The first-order valence-electron chi connectivity index (χ1n) is 27.1. The van der Waals surface area contributed by atoms with Crippen LogP contribution in [-0.2, 0) is 14.3 Å². The average molecular weight is 914 g/mol. The molecule has 0 aliphatic carbocycles. The van der Waals surface area contributed by atoms with E-state index in [0.29, 0.717) is 19.3 Å². The van der Waals surface area contributed by atoms with Crippen LogP contribution in [0.25, 0.3) is 0 Å². The van der Waals surface area contributed by atoms with Crippen molar-refractivity contribution in [3.8, 4) is 0 Å². The van der Waals surface area contributed by atoms with Crippen LogP contribution in [0, 0.1) is 0 Å². The van der Waals surface area contributed by atoms with Crippen LogP contribution in [-0.4, -0.2) is 110 Å². The largest absolute Gasteiger partial charge is 0.394 e. The molecule has 9 atom stereocenters. The minimum atomic E-state index is -1.66. The number of hydrogen-bond acceptors (Lipinski definition) is 10. The highest BCUT2D eigenvalue weighted by molar-refractivity contribution is 5.80. The van der Waals surface area contributed by atoms with Gasteiger partial charge < -0.3 is 50.5 Å². The highest BCUT2D eigenvalue weighted by Gasteiger charge is 2.44. The third-order valence-electron chi connectivity index (χ3n) is 13.3. The summed E-state index contributed by atoms with van der Waals surface area (Å²) in [5.74, 6) is -0.705. The van der Waals surface area contributed by atoms with Crippen LogP contribution in [0.15, 0.2) is 12.2 Å². The first-order valence-corrected chi connectivity index (χ1v) is 27.1. The van der Waals surface area contributed by atoms with Crippen molar-refractivity contribution in [1.82, 2.24) is 5.32 Å². The summed E-state index contributed by atoms with van der Waals surface area (Å²) < 4.78 is 11.1. The third-order valence-corrected chi connectivity index (χ3v) is 13.3. The van der Waals surface area contributed by atoms with Crippen molar-refractivity contribution in [2.24, 2.45) is 0 Å². The minimum absolute atomic E-state index is 0.247. The molecule has 0 aromatic carbocycles. The van der Waals surface area contributed by atoms with E-state index in [9.17, 15) is 40.5 Å². The van der Waals surface area contributed by atoms with Gasteiger partial charge in [-0.05, 0) is 38.5 Å². The van der Waals surface area contributed by atoms with Gasteiger partial charge in [0.15, 0.2) is 6.29 Å². The lowest BCUT2D eigenvalue weighted by atomic mass is 9.98. The molecule has 0 aromatic heterocycles. The maximum atomic E-state index is 13.1. The van der Waals surface area contributed by atoms with E-state index in [0.717, 1.165) is 51.4 Å². The molecule has 11 nitrogen and oxygen atoms in total. The van der Waals surface area contributed by atoms with Gasteiger partial charge >= 0.3 is 0 Å². The van der Waals surface area contributed by atoms with Crippen LogP contribution >= 0.6 is 0 Å². The Morgan fingerprint density at radius 3 is 1.34 bits per heavy atom. The Balaban J connectivity index is 2.27. The van der Waals surface area contributed by atoms with Crippen molar-refractivity contribution in [3.63, 3.8) is 0 Å². The molecular weight excluding hydrogens is 811 g/mol. The molecule has 1 heterocycles. The molecular formula is C53H103NO10. The monoisotopic (exact) mass is 914 g/mol. The smallest absolute Gasteiger partial charge is 0.249 e. The zero-order valence-electron chi connectivity index (χ0n) is 41.3. The van der Waals surface area contributed by atoms with Gasteiger partial charge in [-0.15, -0.1) is 0 Å². The lowest BCUT2D eigenvalue weighted by Crippen LogP contribution is -2.60. The molecule has 1 fully saturated rings. The van der Waals surface area contributed by atoms with Gasteiger partial charge in [-0.1, -0.05) is 225 Å². The molecule has 1 aliphatic rings. The van der Waals surface area contributed by atoms with E-state index in [1.54, 1.807) is 0 Å². The Labute approximate surface area is 392 Å². The molecule has 1 rings (SSSR count). The Morgan fingerprint density at radius 1 is 0.531 bits per heavy atom. The van der Waals surface area contributed by atoms with Gasteiger partial charge in [0.1, 0.15) is 36.6 Å². The van der Waals surface area contributed by atoms with Crippen LogP contribution in [0.5, 0.6) is 0 Å². The summed E-state index contributed by atoms with van der Waals surface area (Å²) in [5.41, 5.74) is 0. The summed E-state index contributed by atoms with van der Waals surface area (Å²) in [4.78, 5) is 13.1. The second-order valence-corrected chi connectivity index (χ2v) is 19.3. The van der Waals surface area contributed by atoms with Crippen LogP contribution in [0.2, 0.25) is 0 Å². The summed E-state index contributed by atoms with van der Waals surface area (Å²) in [6, 6.07) is -1.17. The minimum Gasteiger partial charge on any atom is -0.394 e. The molecule has 1 aliphatic heterocycles. The van der Waals surface area contributed by atoms with Crippen molar-refractivity contribution in [2.75, 3.05) is 13.2 Å². The van der Waals surface area contributed by atoms with Crippen LogP contribution in [0.1, 0.15) is 251 Å². The summed E-state index contributed by atoms with van der Waals surface area (Å²) in [6.45, 7) is 3.43. The second kappa shape index (κ2) is 43.2. The molecule has 1 saturated heterocycles. The van der Waals surface area contributed by atoms with E-state index in [4.69, 9.17) is 9.47 Å². The molecule has 0 aromatic rings. The van der Waals surface area contributed by atoms with Crippen LogP contribution in [0.4, 0.5) is 0 Å². The number of nitrogens with one attached hydrogen (secondary N) is 1. The highest BCUT2D eigenvalue weighted by Crippen LogP contribution is 2.23. The fourth-order valence-electron chi connectivity index (χ4n) is 8.85. The number of aliphatic hydroxyl groups excluding tert-OH is 7. The van der Waals surface area contributed by atoms with Crippen LogP contribution in [0.3, 0.4) is 0 Å². The predicted molar refractivity (Wildman–Crippen MR) is 261 cm³/mol. The van der Waals surface area contributed by atoms with E-state index >= 15 is 0 Å². The molecule has 11 heteroatoms. The van der Waals surface area contributed by atoms with E-state index in [1.165, 1.54) is 161 Å². The Hall–Kier alpha value is -1.15. The SMILES string of the molecule is CCCCC/C=C\CCCCCCC(O)C(=O)NC(COC1OC(CO)C(O)C(O)C1O)C(O)C(O)CCCCCCCCCCCCCCCCCCCCCCCCCCCC. The summed E-state index contributed by atoms with van der Waals surface area (Å²) in [7, 11) is 0. The number of aliphatic hydroxyl groups is 7. The lowest BCUT2D eigenvalue weighted by molar-refractivity contribution is -0.303. The topological polar surface area (TPSA) is 189 Å². The van der Waals surface area contributed by atoms with E-state index in [2.05, 4.69) is 31.3 Å². The van der Waals surface area contributed by atoms with Gasteiger partial charge in [-0.2, -0.15) is 0 Å². The number of rotatable bonds is 46. The molecule has 9 unspecified atom stereocenters. The normalized spacial score (nSPS) is 21.0. The number of hydrogen-bond donors (Lipinski definition) is 8. The van der Waals surface area contributed by atoms with Gasteiger partial charge in [0.05, 0.1) is 25.4 Å². The van der Waals surface area contributed by atoms with Gasteiger partial charge in [0.25, 0.3) is 0 Å². The molecule has 64 heavy (non-hydrogen) atoms. The summed E-state index contributed by atoms with van der Waals surface area (Å²) >= 11 is 0. The maximum Gasteiger partial charge on any atom is 0.249 e. The number of unbranched alkanes of at least 4 members (excludes halogenated alkanes) is 32. The second-order valence-electron chi connectivity index (χ2n) is 19.3. The quantitative estimate of drug-likeness (QED) is 0.0216. The molecule has 8 N–H and O–H groups in total. The number of ether oxygens (including phenoxy) is 2. The number of carbonyl (C=O) groups excluding carboxylic acids is 1. The zero-order chi connectivity index (χ0) is 46.9. The lowest BCUT2D eigenvalue weighted by Gasteiger charge is -2.40. The molecule has 1 amide bonds. The van der Waals surface area contributed by atoms with Gasteiger partial charge in [0.2, 0.25) is 5.91 Å². The van der Waals surface area contributed by atoms with E-state index in [-0.39, 0.29) is 6.42 Å². The molecule has 0 bridgehead atoms. The predicted octanol–water partition coefficient (Wildman–Crippen LogP) is 10.4. The number of allylic oxidation sites excluding steroid dienone is 2. The molecule has 0 spiro atoms. The number of carbonyl (C=O) groups is 1. The standard InChI is InChI=1S/C53H103NO10/c1-3-5-7-9-11-13-15-16-17-18-19-20-21-22-23-24-25-26-27-28-29-31-32-34-36-38-40-45(56)48(58)44(43-63-53-51(61)50(60)49(59)47(42-55)64-53)54-52(62)46(57)41-39-37-35-33-30-14-12-10-8-6-4-2/h12,14,44-51,53,55-61H,3-11,13,15-43H2,1-2H3,(H,54,62)/b14-12-. The zero-order valence-corrected chi connectivity index (χ0v) is 41.3. The summed E-state index contributed by atoms with van der Waals surface area (Å²) in [5, 5.41) is 75.8. The average Bonchev–Trinajstić information content (AvgIpc) is 3.29. The van der Waals surface area contributed by atoms with Gasteiger partial charge in [-0.25, -0.2) is 0 Å². The van der Waals surface area contributed by atoms with E-state index < -0.39 is 74.2 Å². The third kappa shape index (κ3) is 31.8. The first kappa shape index (κ1) is 60.9. The number of amides is 1. The maximum absolute atomic E-state index is 13.1. The Kier molecular flexibility index (Phi) is 41.0. The van der Waals surface area contributed by atoms with Gasteiger partial charge in [0, 0.05) is 0 Å². The first-order chi connectivity index (χ1) is 31.2. The fraction of sp³-hybridized carbons (Fsp3) is 0.943. The highest BCUT2D eigenvalue weighted by atomic mass is 16.7. The Morgan fingerprint density at radius 2 is 0.906 bits per heavy atom. The fourth-order valence-corrected chi connectivity index (χ4v) is 8.85. The molecule has 380 valence electrons. The Bertz CT molecular complexity index is 1050. The van der Waals surface area contributed by atoms with E-state index in [1.807, 2.05) is 0 Å². The van der Waals surface area contributed by atoms with Crippen molar-refractivity contribution in [1.29, 1.82) is 0 Å². The molecule has 0 radical (unpaired) electrons. The summed E-state index contributed by atoms with van der Waals surface area (Å²) in [6.07, 6.45) is 37.1.